The Morgan fingerprint density at radius 3 is 2.59 bits per heavy atom. The number of rotatable bonds is 2. The second-order valence-corrected chi connectivity index (χ2v) is 6.47. The lowest BCUT2D eigenvalue weighted by molar-refractivity contribution is 0.0746. The van der Waals surface area contributed by atoms with Crippen LogP contribution < -0.4 is 4.90 Å². The summed E-state index contributed by atoms with van der Waals surface area (Å²) in [5.74, 6) is 0.932. The van der Waals surface area contributed by atoms with Gasteiger partial charge >= 0.3 is 0 Å². The molecule has 2 aromatic rings. The van der Waals surface area contributed by atoms with Gasteiger partial charge in [-0.25, -0.2) is 4.98 Å². The molecule has 1 aliphatic rings. The molecule has 0 atom stereocenters. The molecule has 0 saturated carbocycles. The van der Waals surface area contributed by atoms with Crippen LogP contribution in [0.4, 0.5) is 5.82 Å². The van der Waals surface area contributed by atoms with Gasteiger partial charge in [0.25, 0.3) is 5.91 Å². The zero-order valence-corrected chi connectivity index (χ0v) is 14.2. The van der Waals surface area contributed by atoms with Crippen LogP contribution in [0.5, 0.6) is 0 Å². The molecule has 3 rings (SSSR count). The zero-order valence-electron chi connectivity index (χ0n) is 11.9. The quantitative estimate of drug-likeness (QED) is 0.800. The van der Waals surface area contributed by atoms with E-state index in [4.69, 9.17) is 11.6 Å². The third-order valence-corrected chi connectivity index (χ3v) is 4.40. The fraction of sp³-hybridized carbons (Fsp3) is 0.250. The number of benzene rings is 1. The number of piperazine rings is 1. The molecule has 1 fully saturated rings. The Bertz CT molecular complexity index is 687. The zero-order chi connectivity index (χ0) is 15.5. The summed E-state index contributed by atoms with van der Waals surface area (Å²) in [5.41, 5.74) is 0.712. The molecule has 0 aliphatic carbocycles. The topological polar surface area (TPSA) is 36.4 Å². The molecule has 1 aliphatic heterocycles. The monoisotopic (exact) mass is 379 g/mol. The van der Waals surface area contributed by atoms with Crippen molar-refractivity contribution in [1.82, 2.24) is 9.88 Å². The summed E-state index contributed by atoms with van der Waals surface area (Å²) in [7, 11) is 0. The van der Waals surface area contributed by atoms with Gasteiger partial charge in [-0.05, 0) is 30.3 Å². The van der Waals surface area contributed by atoms with E-state index in [0.717, 1.165) is 23.4 Å². The minimum Gasteiger partial charge on any atom is -0.353 e. The third-order valence-electron chi connectivity index (χ3n) is 3.67. The van der Waals surface area contributed by atoms with Gasteiger partial charge in [0.15, 0.2) is 0 Å². The minimum atomic E-state index is 0.0694. The SMILES string of the molecule is O=C(c1cccc(Br)c1)N1CCN(c2cc(Cl)ccn2)CC1. The van der Waals surface area contributed by atoms with Crippen LogP contribution in [-0.4, -0.2) is 42.0 Å². The van der Waals surface area contributed by atoms with E-state index in [0.29, 0.717) is 23.7 Å². The van der Waals surface area contributed by atoms with Crippen LogP contribution in [0.2, 0.25) is 5.02 Å². The Kier molecular flexibility index (Phi) is 4.64. The Morgan fingerprint density at radius 1 is 1.14 bits per heavy atom. The van der Waals surface area contributed by atoms with E-state index in [9.17, 15) is 4.79 Å². The molecule has 22 heavy (non-hydrogen) atoms. The smallest absolute Gasteiger partial charge is 0.254 e. The number of carbonyl (C=O) groups excluding carboxylic acids is 1. The molecule has 0 radical (unpaired) electrons. The van der Waals surface area contributed by atoms with Crippen LogP contribution >= 0.6 is 27.5 Å². The minimum absolute atomic E-state index is 0.0694. The van der Waals surface area contributed by atoms with Gasteiger partial charge in [-0.1, -0.05) is 33.6 Å². The Labute approximate surface area is 142 Å². The first-order chi connectivity index (χ1) is 10.6. The first-order valence-corrected chi connectivity index (χ1v) is 8.22. The molecule has 2 heterocycles. The number of halogens is 2. The average molecular weight is 381 g/mol. The van der Waals surface area contributed by atoms with Gasteiger partial charge in [0.1, 0.15) is 5.82 Å². The molecule has 4 nitrogen and oxygen atoms in total. The van der Waals surface area contributed by atoms with Gasteiger partial charge in [0.2, 0.25) is 0 Å². The summed E-state index contributed by atoms with van der Waals surface area (Å²) in [6, 6.07) is 11.1. The molecule has 0 spiro atoms. The number of hydrogen-bond donors (Lipinski definition) is 0. The lowest BCUT2D eigenvalue weighted by atomic mass is 10.2. The highest BCUT2D eigenvalue weighted by Crippen LogP contribution is 2.19. The van der Waals surface area contributed by atoms with Gasteiger partial charge < -0.3 is 9.80 Å². The highest BCUT2D eigenvalue weighted by molar-refractivity contribution is 9.10. The van der Waals surface area contributed by atoms with Crippen molar-refractivity contribution in [2.24, 2.45) is 0 Å². The first kappa shape index (κ1) is 15.3. The number of anilines is 1. The summed E-state index contributed by atoms with van der Waals surface area (Å²) < 4.78 is 0.917. The van der Waals surface area contributed by atoms with Crippen molar-refractivity contribution in [1.29, 1.82) is 0 Å². The predicted octanol–water partition coefficient (Wildman–Crippen LogP) is 3.46. The molecule has 0 N–H and O–H groups in total. The van der Waals surface area contributed by atoms with Gasteiger partial charge in [0.05, 0.1) is 0 Å². The summed E-state index contributed by atoms with van der Waals surface area (Å²) in [6.45, 7) is 2.87. The van der Waals surface area contributed by atoms with Gasteiger partial charge in [-0.3, -0.25) is 4.79 Å². The molecule has 0 bridgehead atoms. The summed E-state index contributed by atoms with van der Waals surface area (Å²) >= 11 is 9.40. The van der Waals surface area contributed by atoms with E-state index < -0.39 is 0 Å². The predicted molar refractivity (Wildman–Crippen MR) is 91.5 cm³/mol. The molecule has 114 valence electrons. The third kappa shape index (κ3) is 3.42. The first-order valence-electron chi connectivity index (χ1n) is 7.05. The fourth-order valence-electron chi connectivity index (χ4n) is 2.51. The van der Waals surface area contributed by atoms with E-state index in [-0.39, 0.29) is 5.91 Å². The molecular formula is C16H15BrClN3O. The van der Waals surface area contributed by atoms with Crippen LogP contribution in [-0.2, 0) is 0 Å². The Hall–Kier alpha value is -1.59. The second kappa shape index (κ2) is 6.67. The van der Waals surface area contributed by atoms with Gasteiger partial charge in [-0.15, -0.1) is 0 Å². The Balaban J connectivity index is 1.65. The summed E-state index contributed by atoms with van der Waals surface area (Å²) in [6.07, 6.45) is 1.71. The van der Waals surface area contributed by atoms with Crippen molar-refractivity contribution in [2.75, 3.05) is 31.1 Å². The molecule has 1 saturated heterocycles. The molecular weight excluding hydrogens is 366 g/mol. The number of aromatic nitrogens is 1. The fourth-order valence-corrected chi connectivity index (χ4v) is 3.06. The van der Waals surface area contributed by atoms with Crippen LogP contribution in [0, 0.1) is 0 Å². The molecule has 1 aromatic heterocycles. The van der Waals surface area contributed by atoms with E-state index in [1.54, 1.807) is 12.3 Å². The largest absolute Gasteiger partial charge is 0.353 e. The molecule has 6 heteroatoms. The van der Waals surface area contributed by atoms with Crippen molar-refractivity contribution in [3.8, 4) is 0 Å². The second-order valence-electron chi connectivity index (χ2n) is 5.12. The van der Waals surface area contributed by atoms with Crippen LogP contribution in [0.25, 0.3) is 0 Å². The standard InChI is InChI=1S/C16H15BrClN3O/c17-13-3-1-2-12(10-13)16(22)21-8-6-20(7-9-21)15-11-14(18)4-5-19-15/h1-5,10-11H,6-9H2. The number of amides is 1. The molecule has 1 amide bonds. The normalized spacial score (nSPS) is 15.0. The summed E-state index contributed by atoms with van der Waals surface area (Å²) in [4.78, 5) is 20.9. The van der Waals surface area contributed by atoms with Crippen LogP contribution in [0.15, 0.2) is 47.1 Å². The van der Waals surface area contributed by atoms with Crippen LogP contribution in [0.3, 0.4) is 0 Å². The lowest BCUT2D eigenvalue weighted by Gasteiger charge is -2.35. The number of hydrogen-bond acceptors (Lipinski definition) is 3. The highest BCUT2D eigenvalue weighted by atomic mass is 79.9. The summed E-state index contributed by atoms with van der Waals surface area (Å²) in [5, 5.41) is 0.678. The van der Waals surface area contributed by atoms with Crippen molar-refractivity contribution >= 4 is 39.3 Å². The maximum Gasteiger partial charge on any atom is 0.254 e. The van der Waals surface area contributed by atoms with Crippen molar-refractivity contribution < 1.29 is 4.79 Å². The molecule has 1 aromatic carbocycles. The maximum atomic E-state index is 12.5. The molecule has 0 unspecified atom stereocenters. The van der Waals surface area contributed by atoms with E-state index in [1.165, 1.54) is 0 Å². The van der Waals surface area contributed by atoms with Crippen molar-refractivity contribution in [3.05, 3.63) is 57.7 Å². The number of carbonyl (C=O) groups is 1. The maximum absolute atomic E-state index is 12.5. The van der Waals surface area contributed by atoms with Crippen molar-refractivity contribution in [3.63, 3.8) is 0 Å². The highest BCUT2D eigenvalue weighted by Gasteiger charge is 2.22. The van der Waals surface area contributed by atoms with Gasteiger partial charge in [-0.2, -0.15) is 0 Å². The average Bonchev–Trinajstić information content (AvgIpc) is 2.54. The van der Waals surface area contributed by atoms with E-state index in [2.05, 4.69) is 25.8 Å². The lowest BCUT2D eigenvalue weighted by Crippen LogP contribution is -2.49. The Morgan fingerprint density at radius 2 is 1.91 bits per heavy atom. The van der Waals surface area contributed by atoms with E-state index >= 15 is 0 Å². The van der Waals surface area contributed by atoms with E-state index in [1.807, 2.05) is 35.2 Å². The van der Waals surface area contributed by atoms with Gasteiger partial charge in [0, 0.05) is 47.4 Å². The number of pyridine rings is 1. The number of nitrogens with zero attached hydrogens (tertiary/aromatic N) is 3. The van der Waals surface area contributed by atoms with Crippen LogP contribution in [0.1, 0.15) is 10.4 Å². The van der Waals surface area contributed by atoms with Crippen molar-refractivity contribution in [2.45, 2.75) is 0 Å².